The molecule has 1 saturated heterocycles. The van der Waals surface area contributed by atoms with Gasteiger partial charge in [-0.05, 0) is 41.5 Å². The number of nitrogens with one attached hydrogen (secondary N) is 1. The lowest BCUT2D eigenvalue weighted by Gasteiger charge is -2.44. The van der Waals surface area contributed by atoms with Gasteiger partial charge in [-0.25, -0.2) is 4.79 Å². The van der Waals surface area contributed by atoms with Crippen molar-refractivity contribution in [1.29, 1.82) is 0 Å². The molecule has 1 amide bonds. The van der Waals surface area contributed by atoms with Crippen molar-refractivity contribution < 1.29 is 9.53 Å². The van der Waals surface area contributed by atoms with E-state index in [1.165, 1.54) is 0 Å². The van der Waals surface area contributed by atoms with E-state index in [2.05, 4.69) is 35.9 Å². The molecule has 1 fully saturated rings. The fourth-order valence-corrected chi connectivity index (χ4v) is 2.63. The van der Waals surface area contributed by atoms with Gasteiger partial charge >= 0.3 is 6.09 Å². The van der Waals surface area contributed by atoms with Gasteiger partial charge in [0.25, 0.3) is 0 Å². The SMILES string of the molecule is CC(C)(C)OC(=O)NCC(CN)N1CCN(C(C)(C)C)CC1. The van der Waals surface area contributed by atoms with Crippen molar-refractivity contribution in [2.75, 3.05) is 39.3 Å². The van der Waals surface area contributed by atoms with Crippen LogP contribution < -0.4 is 11.1 Å². The van der Waals surface area contributed by atoms with E-state index in [1.807, 2.05) is 20.8 Å². The summed E-state index contributed by atoms with van der Waals surface area (Å²) in [6, 6.07) is 0.162. The molecule has 1 aliphatic rings. The summed E-state index contributed by atoms with van der Waals surface area (Å²) < 4.78 is 5.26. The molecule has 6 nitrogen and oxygen atoms in total. The average Bonchev–Trinajstić information content (AvgIpc) is 2.37. The Hall–Kier alpha value is -0.850. The summed E-state index contributed by atoms with van der Waals surface area (Å²) in [5.74, 6) is 0. The van der Waals surface area contributed by atoms with Crippen molar-refractivity contribution in [3.8, 4) is 0 Å². The van der Waals surface area contributed by atoms with Crippen molar-refractivity contribution in [2.24, 2.45) is 5.73 Å². The Morgan fingerprint density at radius 1 is 1.14 bits per heavy atom. The summed E-state index contributed by atoms with van der Waals surface area (Å²) in [4.78, 5) is 16.6. The molecule has 0 aromatic carbocycles. The summed E-state index contributed by atoms with van der Waals surface area (Å²) in [5, 5.41) is 2.83. The van der Waals surface area contributed by atoms with Gasteiger partial charge in [-0.1, -0.05) is 0 Å². The first kappa shape index (κ1) is 19.2. The maximum absolute atomic E-state index is 11.7. The number of carbonyl (C=O) groups is 1. The van der Waals surface area contributed by atoms with E-state index in [0.29, 0.717) is 13.1 Å². The quantitative estimate of drug-likeness (QED) is 0.817. The highest BCUT2D eigenvalue weighted by Gasteiger charge is 2.29. The van der Waals surface area contributed by atoms with E-state index in [0.717, 1.165) is 26.2 Å². The highest BCUT2D eigenvalue weighted by molar-refractivity contribution is 5.67. The van der Waals surface area contributed by atoms with E-state index in [1.54, 1.807) is 0 Å². The molecule has 22 heavy (non-hydrogen) atoms. The number of amides is 1. The molecule has 3 N–H and O–H groups in total. The number of nitrogens with zero attached hydrogens (tertiary/aromatic N) is 2. The van der Waals surface area contributed by atoms with Crippen LogP contribution in [-0.2, 0) is 4.74 Å². The van der Waals surface area contributed by atoms with Crippen LogP contribution in [0.15, 0.2) is 0 Å². The fraction of sp³-hybridized carbons (Fsp3) is 0.938. The van der Waals surface area contributed by atoms with Gasteiger partial charge < -0.3 is 15.8 Å². The zero-order chi connectivity index (χ0) is 17.0. The van der Waals surface area contributed by atoms with Crippen LogP contribution >= 0.6 is 0 Å². The van der Waals surface area contributed by atoms with Crippen LogP contribution in [0.25, 0.3) is 0 Å². The molecule has 1 aliphatic heterocycles. The number of rotatable bonds is 4. The van der Waals surface area contributed by atoms with Crippen LogP contribution in [0.3, 0.4) is 0 Å². The Labute approximate surface area is 135 Å². The molecule has 1 rings (SSSR count). The van der Waals surface area contributed by atoms with Crippen LogP contribution in [0.1, 0.15) is 41.5 Å². The van der Waals surface area contributed by atoms with Crippen LogP contribution in [0.5, 0.6) is 0 Å². The molecule has 1 unspecified atom stereocenters. The third-order valence-corrected chi connectivity index (χ3v) is 3.93. The number of alkyl carbamates (subject to hydrolysis) is 1. The largest absolute Gasteiger partial charge is 0.444 e. The van der Waals surface area contributed by atoms with Crippen LogP contribution in [0.2, 0.25) is 0 Å². The molecule has 1 atom stereocenters. The molecule has 0 aliphatic carbocycles. The first-order valence-electron chi connectivity index (χ1n) is 8.19. The summed E-state index contributed by atoms with van der Waals surface area (Å²) in [6.45, 7) is 17.4. The van der Waals surface area contributed by atoms with Gasteiger partial charge in [-0.15, -0.1) is 0 Å². The highest BCUT2D eigenvalue weighted by Crippen LogP contribution is 2.16. The standard InChI is InChI=1S/C16H34N4O2/c1-15(2,3)20-9-7-19(8-10-20)13(11-17)12-18-14(21)22-16(4,5)6/h13H,7-12,17H2,1-6H3,(H,18,21). The lowest BCUT2D eigenvalue weighted by atomic mass is 10.0. The Morgan fingerprint density at radius 3 is 2.09 bits per heavy atom. The number of nitrogens with two attached hydrogens (primary N) is 1. The first-order valence-corrected chi connectivity index (χ1v) is 8.19. The molecular weight excluding hydrogens is 280 g/mol. The molecule has 0 radical (unpaired) electrons. The number of ether oxygens (including phenoxy) is 1. The van der Waals surface area contributed by atoms with Gasteiger partial charge in [0.2, 0.25) is 0 Å². The zero-order valence-corrected chi connectivity index (χ0v) is 15.1. The average molecular weight is 314 g/mol. The minimum absolute atomic E-state index is 0.162. The second-order valence-corrected chi connectivity index (χ2v) is 7.97. The molecule has 130 valence electrons. The van der Waals surface area contributed by atoms with Gasteiger partial charge in [0.1, 0.15) is 5.60 Å². The predicted octanol–water partition coefficient (Wildman–Crippen LogP) is 1.25. The van der Waals surface area contributed by atoms with Crippen LogP contribution in [0.4, 0.5) is 4.79 Å². The predicted molar refractivity (Wildman–Crippen MR) is 90.0 cm³/mol. The molecule has 0 spiro atoms. The van der Waals surface area contributed by atoms with E-state index in [9.17, 15) is 4.79 Å². The minimum Gasteiger partial charge on any atom is -0.444 e. The normalized spacial score (nSPS) is 19.8. The molecule has 1 heterocycles. The maximum atomic E-state index is 11.7. The van der Waals surface area contributed by atoms with Crippen molar-refractivity contribution in [3.05, 3.63) is 0 Å². The van der Waals surface area contributed by atoms with E-state index < -0.39 is 5.60 Å². The number of carbonyl (C=O) groups excluding carboxylic acids is 1. The van der Waals surface area contributed by atoms with Gasteiger partial charge in [-0.2, -0.15) is 0 Å². The summed E-state index contributed by atoms with van der Waals surface area (Å²) in [5.41, 5.74) is 5.63. The Morgan fingerprint density at radius 2 is 1.68 bits per heavy atom. The highest BCUT2D eigenvalue weighted by atomic mass is 16.6. The molecule has 6 heteroatoms. The Bertz CT molecular complexity index is 352. The number of hydrogen-bond acceptors (Lipinski definition) is 5. The molecule has 0 bridgehead atoms. The topological polar surface area (TPSA) is 70.8 Å². The zero-order valence-electron chi connectivity index (χ0n) is 15.1. The number of piperazine rings is 1. The second-order valence-electron chi connectivity index (χ2n) is 7.97. The van der Waals surface area contributed by atoms with Crippen LogP contribution in [-0.4, -0.2) is 72.3 Å². The van der Waals surface area contributed by atoms with Crippen molar-refractivity contribution in [2.45, 2.75) is 58.7 Å². The minimum atomic E-state index is -0.472. The van der Waals surface area contributed by atoms with E-state index in [4.69, 9.17) is 10.5 Å². The van der Waals surface area contributed by atoms with E-state index >= 15 is 0 Å². The molecule has 0 aromatic rings. The van der Waals surface area contributed by atoms with E-state index in [-0.39, 0.29) is 17.7 Å². The lowest BCUT2D eigenvalue weighted by molar-refractivity contribution is 0.0372. The van der Waals surface area contributed by atoms with Crippen molar-refractivity contribution in [1.82, 2.24) is 15.1 Å². The third kappa shape index (κ3) is 6.50. The summed E-state index contributed by atoms with van der Waals surface area (Å²) >= 11 is 0. The lowest BCUT2D eigenvalue weighted by Crippen LogP contribution is -2.58. The third-order valence-electron chi connectivity index (χ3n) is 3.93. The molecular formula is C16H34N4O2. The van der Waals surface area contributed by atoms with Gasteiger partial charge in [-0.3, -0.25) is 9.80 Å². The Balaban J connectivity index is 2.41. The fourth-order valence-electron chi connectivity index (χ4n) is 2.63. The number of hydrogen-bond donors (Lipinski definition) is 2. The van der Waals surface area contributed by atoms with Crippen molar-refractivity contribution in [3.63, 3.8) is 0 Å². The first-order chi connectivity index (χ1) is 10.0. The summed E-state index contributed by atoms with van der Waals surface area (Å²) in [6.07, 6.45) is -0.376. The monoisotopic (exact) mass is 314 g/mol. The Kier molecular flexibility index (Phi) is 6.65. The second kappa shape index (κ2) is 7.62. The van der Waals surface area contributed by atoms with Gasteiger partial charge in [0.15, 0.2) is 0 Å². The summed E-state index contributed by atoms with van der Waals surface area (Å²) in [7, 11) is 0. The van der Waals surface area contributed by atoms with Crippen molar-refractivity contribution >= 4 is 6.09 Å². The maximum Gasteiger partial charge on any atom is 0.407 e. The van der Waals surface area contributed by atoms with Gasteiger partial charge in [0, 0.05) is 50.8 Å². The van der Waals surface area contributed by atoms with Gasteiger partial charge in [0.05, 0.1) is 0 Å². The smallest absolute Gasteiger partial charge is 0.407 e. The van der Waals surface area contributed by atoms with Crippen LogP contribution in [0, 0.1) is 0 Å². The molecule has 0 aromatic heterocycles. The molecule has 0 saturated carbocycles.